The second kappa shape index (κ2) is 6.82. The molecule has 0 aliphatic carbocycles. The molecular weight excluding hydrogens is 333 g/mol. The molecule has 2 heterocycles. The first-order chi connectivity index (χ1) is 11.9. The maximum atomic E-state index is 12.6. The molecule has 0 fully saturated rings. The van der Waals surface area contributed by atoms with Gasteiger partial charge in [0.2, 0.25) is 0 Å². The molecule has 7 heteroatoms. The van der Waals surface area contributed by atoms with E-state index in [9.17, 15) is 13.2 Å². The first-order valence-corrected chi connectivity index (χ1v) is 8.09. The van der Waals surface area contributed by atoms with Crippen LogP contribution in [0.2, 0.25) is 0 Å². The summed E-state index contributed by atoms with van der Waals surface area (Å²) in [4.78, 5) is 3.82. The van der Waals surface area contributed by atoms with Crippen molar-refractivity contribution in [1.29, 1.82) is 0 Å². The predicted molar refractivity (Wildman–Crippen MR) is 88.0 cm³/mol. The number of fused-ring (bicyclic) bond motifs is 1. The Kier molecular flexibility index (Phi) is 4.74. The molecule has 1 N–H and O–H groups in total. The molecule has 0 saturated carbocycles. The zero-order chi connectivity index (χ0) is 18.0. The molecule has 2 aromatic rings. The van der Waals surface area contributed by atoms with Crippen LogP contribution >= 0.6 is 0 Å². The number of ether oxygens (including phenoxy) is 2. The van der Waals surface area contributed by atoms with Crippen molar-refractivity contribution in [2.45, 2.75) is 39.1 Å². The van der Waals surface area contributed by atoms with Gasteiger partial charge in [0, 0.05) is 30.3 Å². The summed E-state index contributed by atoms with van der Waals surface area (Å²) in [5.41, 5.74) is 1.21. The summed E-state index contributed by atoms with van der Waals surface area (Å²) < 4.78 is 49.2. The number of anilines is 1. The summed E-state index contributed by atoms with van der Waals surface area (Å²) in [6.45, 7) is 4.81. The Morgan fingerprint density at radius 3 is 2.76 bits per heavy atom. The molecule has 1 aliphatic heterocycles. The highest BCUT2D eigenvalue weighted by atomic mass is 19.4. The Hall–Kier alpha value is -2.44. The first kappa shape index (κ1) is 17.4. The minimum Gasteiger partial charge on any atom is -0.494 e. The second-order valence-corrected chi connectivity index (χ2v) is 5.92. The van der Waals surface area contributed by atoms with Crippen LogP contribution in [0, 0.1) is 0 Å². The van der Waals surface area contributed by atoms with Gasteiger partial charge in [0.05, 0.1) is 12.2 Å². The normalized spacial score (nSPS) is 16.3. The van der Waals surface area contributed by atoms with Gasteiger partial charge in [0.1, 0.15) is 23.4 Å². The standard InChI is InChI=1S/C18H19F3N2O2/c1-3-24-15-7-12-6-11(2)25-16(12)8-13(15)9-22-17-5-4-14(10-23-17)18(19,20)21/h4-5,7-8,10-11H,3,6,9H2,1-2H3,(H,22,23)/t11-/m1/s1. The third-order valence-electron chi connectivity index (χ3n) is 3.93. The molecule has 134 valence electrons. The molecule has 0 amide bonds. The lowest BCUT2D eigenvalue weighted by Gasteiger charge is -2.14. The van der Waals surface area contributed by atoms with Gasteiger partial charge in [-0.25, -0.2) is 4.98 Å². The summed E-state index contributed by atoms with van der Waals surface area (Å²) >= 11 is 0. The Bertz CT molecular complexity index is 745. The maximum Gasteiger partial charge on any atom is 0.417 e. The fraction of sp³-hybridized carbons (Fsp3) is 0.389. The van der Waals surface area contributed by atoms with Gasteiger partial charge in [-0.1, -0.05) is 0 Å². The Morgan fingerprint density at radius 1 is 1.32 bits per heavy atom. The zero-order valence-electron chi connectivity index (χ0n) is 14.0. The lowest BCUT2D eigenvalue weighted by molar-refractivity contribution is -0.137. The van der Waals surface area contributed by atoms with E-state index in [2.05, 4.69) is 10.3 Å². The van der Waals surface area contributed by atoms with E-state index in [0.29, 0.717) is 19.0 Å². The number of hydrogen-bond acceptors (Lipinski definition) is 4. The number of halogens is 3. The molecule has 0 bridgehead atoms. The number of hydrogen-bond donors (Lipinski definition) is 1. The minimum absolute atomic E-state index is 0.129. The van der Waals surface area contributed by atoms with E-state index in [1.165, 1.54) is 6.07 Å². The Morgan fingerprint density at radius 2 is 2.12 bits per heavy atom. The molecule has 1 aromatic carbocycles. The molecule has 25 heavy (non-hydrogen) atoms. The third kappa shape index (κ3) is 3.97. The number of rotatable bonds is 5. The van der Waals surface area contributed by atoms with Gasteiger partial charge in [0.15, 0.2) is 0 Å². The van der Waals surface area contributed by atoms with Crippen LogP contribution < -0.4 is 14.8 Å². The second-order valence-electron chi connectivity index (χ2n) is 5.92. The Balaban J connectivity index is 1.75. The van der Waals surface area contributed by atoms with Crippen LogP contribution in [0.3, 0.4) is 0 Å². The monoisotopic (exact) mass is 352 g/mol. The SMILES string of the molecule is CCOc1cc2c(cc1CNc1ccc(C(F)(F)F)cn1)O[C@H](C)C2. The van der Waals surface area contributed by atoms with Gasteiger partial charge in [0.25, 0.3) is 0 Å². The lowest BCUT2D eigenvalue weighted by atomic mass is 10.1. The molecule has 0 unspecified atom stereocenters. The number of nitrogens with one attached hydrogen (secondary N) is 1. The fourth-order valence-electron chi connectivity index (χ4n) is 2.76. The van der Waals surface area contributed by atoms with E-state index in [1.54, 1.807) is 0 Å². The van der Waals surface area contributed by atoms with E-state index < -0.39 is 11.7 Å². The molecule has 0 spiro atoms. The van der Waals surface area contributed by atoms with Gasteiger partial charge in [-0.2, -0.15) is 13.2 Å². The van der Waals surface area contributed by atoms with Gasteiger partial charge in [-0.3, -0.25) is 0 Å². The first-order valence-electron chi connectivity index (χ1n) is 8.09. The summed E-state index contributed by atoms with van der Waals surface area (Å²) in [7, 11) is 0. The highest BCUT2D eigenvalue weighted by Crippen LogP contribution is 2.35. The van der Waals surface area contributed by atoms with Crippen molar-refractivity contribution in [1.82, 2.24) is 4.98 Å². The smallest absolute Gasteiger partial charge is 0.417 e. The van der Waals surface area contributed by atoms with Crippen molar-refractivity contribution in [2.24, 2.45) is 0 Å². The van der Waals surface area contributed by atoms with Crippen LogP contribution in [-0.2, 0) is 19.1 Å². The van der Waals surface area contributed by atoms with Crippen LogP contribution in [0.4, 0.5) is 19.0 Å². The summed E-state index contributed by atoms with van der Waals surface area (Å²) in [5, 5.41) is 3.03. The summed E-state index contributed by atoms with van der Waals surface area (Å²) in [6.07, 6.45) is -2.60. The Labute approximate surface area is 144 Å². The van der Waals surface area contributed by atoms with Gasteiger partial charge < -0.3 is 14.8 Å². The van der Waals surface area contributed by atoms with Crippen molar-refractivity contribution in [2.75, 3.05) is 11.9 Å². The van der Waals surface area contributed by atoms with E-state index in [1.807, 2.05) is 26.0 Å². The number of aromatic nitrogens is 1. The number of pyridine rings is 1. The molecule has 0 saturated heterocycles. The number of benzene rings is 1. The van der Waals surface area contributed by atoms with Crippen LogP contribution in [0.15, 0.2) is 30.5 Å². The number of alkyl halides is 3. The molecule has 1 atom stereocenters. The average Bonchev–Trinajstić information content (AvgIpc) is 2.91. The van der Waals surface area contributed by atoms with E-state index in [4.69, 9.17) is 9.47 Å². The van der Waals surface area contributed by atoms with Crippen molar-refractivity contribution >= 4 is 5.82 Å². The average molecular weight is 352 g/mol. The van der Waals surface area contributed by atoms with Crippen molar-refractivity contribution in [3.63, 3.8) is 0 Å². The summed E-state index contributed by atoms with van der Waals surface area (Å²) in [6, 6.07) is 6.21. The highest BCUT2D eigenvalue weighted by Gasteiger charge is 2.30. The topological polar surface area (TPSA) is 43.4 Å². The van der Waals surface area contributed by atoms with Crippen molar-refractivity contribution in [3.8, 4) is 11.5 Å². The van der Waals surface area contributed by atoms with Crippen LogP contribution in [0.5, 0.6) is 11.5 Å². The van der Waals surface area contributed by atoms with Crippen LogP contribution in [0.25, 0.3) is 0 Å². The largest absolute Gasteiger partial charge is 0.494 e. The highest BCUT2D eigenvalue weighted by molar-refractivity contribution is 5.50. The maximum absolute atomic E-state index is 12.6. The molecular formula is C18H19F3N2O2. The summed E-state index contributed by atoms with van der Waals surface area (Å²) in [5.74, 6) is 1.94. The number of nitrogens with zero attached hydrogens (tertiary/aromatic N) is 1. The lowest BCUT2D eigenvalue weighted by Crippen LogP contribution is -2.08. The molecule has 4 nitrogen and oxygen atoms in total. The van der Waals surface area contributed by atoms with Crippen LogP contribution in [-0.4, -0.2) is 17.7 Å². The van der Waals surface area contributed by atoms with E-state index in [0.717, 1.165) is 41.3 Å². The zero-order valence-corrected chi connectivity index (χ0v) is 14.0. The molecule has 3 rings (SSSR count). The minimum atomic E-state index is -4.39. The molecule has 0 radical (unpaired) electrons. The van der Waals surface area contributed by atoms with Gasteiger partial charge >= 0.3 is 6.18 Å². The van der Waals surface area contributed by atoms with E-state index >= 15 is 0 Å². The predicted octanol–water partition coefficient (Wildman–Crippen LogP) is 4.43. The van der Waals surface area contributed by atoms with Crippen molar-refractivity contribution < 1.29 is 22.6 Å². The van der Waals surface area contributed by atoms with E-state index in [-0.39, 0.29) is 6.10 Å². The molecule has 1 aromatic heterocycles. The van der Waals surface area contributed by atoms with Gasteiger partial charge in [-0.05, 0) is 38.1 Å². The third-order valence-corrected chi connectivity index (χ3v) is 3.93. The molecule has 1 aliphatic rings. The fourth-order valence-corrected chi connectivity index (χ4v) is 2.76. The van der Waals surface area contributed by atoms with Gasteiger partial charge in [-0.15, -0.1) is 0 Å². The quantitative estimate of drug-likeness (QED) is 0.864. The van der Waals surface area contributed by atoms with Crippen molar-refractivity contribution in [3.05, 3.63) is 47.2 Å². The van der Waals surface area contributed by atoms with Crippen LogP contribution in [0.1, 0.15) is 30.5 Å².